The number of hydrogen-bond donors (Lipinski definition) is 3. The van der Waals surface area contributed by atoms with Gasteiger partial charge in [0.05, 0.1) is 10.6 Å². The number of rotatable bonds is 5. The number of nitrogens with one attached hydrogen (secondary N) is 2. The number of anilines is 1. The molecule has 1 atom stereocenters. The van der Waals surface area contributed by atoms with Crippen LogP contribution in [0.2, 0.25) is 5.02 Å². The van der Waals surface area contributed by atoms with Gasteiger partial charge in [-0.1, -0.05) is 41.9 Å². The number of amides is 2. The van der Waals surface area contributed by atoms with Gasteiger partial charge in [0.25, 0.3) is 5.91 Å². The predicted octanol–water partition coefficient (Wildman–Crippen LogP) is 3.15. The van der Waals surface area contributed by atoms with Crippen LogP contribution in [0.15, 0.2) is 48.5 Å². The van der Waals surface area contributed by atoms with Crippen molar-refractivity contribution in [3.8, 4) is 0 Å². The van der Waals surface area contributed by atoms with Crippen molar-refractivity contribution in [3.63, 3.8) is 0 Å². The van der Waals surface area contributed by atoms with Crippen LogP contribution < -0.4 is 16.4 Å². The molecule has 0 aromatic heterocycles. The van der Waals surface area contributed by atoms with E-state index in [0.717, 1.165) is 5.56 Å². The quantitative estimate of drug-likeness (QED) is 0.758. The highest BCUT2D eigenvalue weighted by Crippen LogP contribution is 2.22. The van der Waals surface area contributed by atoms with E-state index in [4.69, 9.17) is 17.3 Å². The topological polar surface area (TPSA) is 84.2 Å². The molecule has 2 aromatic carbocycles. The van der Waals surface area contributed by atoms with E-state index in [1.165, 1.54) is 6.07 Å². The Kier molecular flexibility index (Phi) is 7.71. The van der Waals surface area contributed by atoms with Crippen LogP contribution in [0.25, 0.3) is 0 Å². The fraction of sp³-hybridized carbons (Fsp3) is 0.176. The molecule has 0 bridgehead atoms. The maximum Gasteiger partial charge on any atom is 0.252 e. The van der Waals surface area contributed by atoms with E-state index in [9.17, 15) is 9.59 Å². The van der Waals surface area contributed by atoms with E-state index in [2.05, 4.69) is 10.6 Å². The van der Waals surface area contributed by atoms with Crippen LogP contribution in [0.1, 0.15) is 28.9 Å². The lowest BCUT2D eigenvalue weighted by Gasteiger charge is -2.13. The van der Waals surface area contributed by atoms with Gasteiger partial charge in [-0.15, -0.1) is 12.4 Å². The zero-order chi connectivity index (χ0) is 16.8. The van der Waals surface area contributed by atoms with Gasteiger partial charge < -0.3 is 16.4 Å². The smallest absolute Gasteiger partial charge is 0.252 e. The van der Waals surface area contributed by atoms with Crippen LogP contribution in [0.4, 0.5) is 5.69 Å². The highest BCUT2D eigenvalue weighted by molar-refractivity contribution is 6.34. The Hall–Kier alpha value is -2.08. The lowest BCUT2D eigenvalue weighted by atomic mass is 10.1. The van der Waals surface area contributed by atoms with Crippen LogP contribution in [0.5, 0.6) is 0 Å². The predicted molar refractivity (Wildman–Crippen MR) is 98.7 cm³/mol. The molecule has 0 saturated heterocycles. The van der Waals surface area contributed by atoms with Gasteiger partial charge in [0.1, 0.15) is 6.04 Å². The van der Waals surface area contributed by atoms with Crippen LogP contribution in [-0.4, -0.2) is 18.4 Å². The van der Waals surface area contributed by atoms with E-state index >= 15 is 0 Å². The third-order valence-corrected chi connectivity index (χ3v) is 3.57. The van der Waals surface area contributed by atoms with E-state index in [0.29, 0.717) is 17.8 Å². The molecule has 4 N–H and O–H groups in total. The zero-order valence-corrected chi connectivity index (χ0v) is 14.7. The van der Waals surface area contributed by atoms with Gasteiger partial charge in [0.15, 0.2) is 0 Å². The Bertz CT molecular complexity index is 708. The molecule has 0 aliphatic rings. The summed E-state index contributed by atoms with van der Waals surface area (Å²) >= 11 is 6.10. The maximum absolute atomic E-state index is 12.2. The second kappa shape index (κ2) is 9.27. The molecule has 0 unspecified atom stereocenters. The average Bonchev–Trinajstić information content (AvgIpc) is 2.55. The summed E-state index contributed by atoms with van der Waals surface area (Å²) in [4.78, 5) is 24.0. The van der Waals surface area contributed by atoms with Gasteiger partial charge in [-0.2, -0.15) is 0 Å². The first-order valence-corrected chi connectivity index (χ1v) is 7.60. The minimum absolute atomic E-state index is 0. The van der Waals surface area contributed by atoms with E-state index in [1.54, 1.807) is 24.3 Å². The molecule has 0 spiro atoms. The van der Waals surface area contributed by atoms with E-state index in [1.807, 2.05) is 25.1 Å². The van der Waals surface area contributed by atoms with Crippen LogP contribution in [-0.2, 0) is 4.79 Å². The molecule has 2 amide bonds. The molecule has 5 nitrogen and oxygen atoms in total. The maximum atomic E-state index is 12.2. The third-order valence-electron chi connectivity index (χ3n) is 3.26. The Balaban J connectivity index is 0.00000288. The van der Waals surface area contributed by atoms with Crippen molar-refractivity contribution < 1.29 is 9.59 Å². The SMILES string of the molecule is CCNC(=O)c1ccc(NC(=O)[C@@H](N)c2ccccc2)cc1Cl.Cl. The first-order valence-electron chi connectivity index (χ1n) is 7.22. The summed E-state index contributed by atoms with van der Waals surface area (Å²) in [5, 5.41) is 5.64. The minimum atomic E-state index is -0.780. The van der Waals surface area contributed by atoms with Gasteiger partial charge in [-0.05, 0) is 30.7 Å². The second-order valence-electron chi connectivity index (χ2n) is 4.93. The summed E-state index contributed by atoms with van der Waals surface area (Å²) in [6.45, 7) is 2.34. The zero-order valence-electron chi connectivity index (χ0n) is 13.1. The van der Waals surface area contributed by atoms with E-state index in [-0.39, 0.29) is 29.2 Å². The molecule has 0 aliphatic heterocycles. The standard InChI is InChI=1S/C17H18ClN3O2.ClH/c1-2-20-16(22)13-9-8-12(10-14(13)18)21-17(23)15(19)11-6-4-3-5-7-11;/h3-10,15H,2,19H2,1H3,(H,20,22)(H,21,23);1H/t15-;/m0./s1. The average molecular weight is 368 g/mol. The van der Waals surface area contributed by atoms with Crippen LogP contribution in [0.3, 0.4) is 0 Å². The van der Waals surface area contributed by atoms with Crippen molar-refractivity contribution in [2.45, 2.75) is 13.0 Å². The Morgan fingerprint density at radius 2 is 1.83 bits per heavy atom. The molecule has 0 heterocycles. The Labute approximate surface area is 152 Å². The van der Waals surface area contributed by atoms with Gasteiger partial charge in [-0.25, -0.2) is 0 Å². The summed E-state index contributed by atoms with van der Waals surface area (Å²) in [6.07, 6.45) is 0. The molecule has 2 rings (SSSR count). The summed E-state index contributed by atoms with van der Waals surface area (Å²) in [6, 6.07) is 13.0. The number of halogens is 2. The minimum Gasteiger partial charge on any atom is -0.352 e. The highest BCUT2D eigenvalue weighted by Gasteiger charge is 2.16. The van der Waals surface area contributed by atoms with Gasteiger partial charge in [0, 0.05) is 12.2 Å². The first kappa shape index (κ1) is 20.0. The van der Waals surface area contributed by atoms with Crippen molar-refractivity contribution in [3.05, 3.63) is 64.7 Å². The summed E-state index contributed by atoms with van der Waals surface area (Å²) < 4.78 is 0. The van der Waals surface area contributed by atoms with Crippen molar-refractivity contribution in [1.82, 2.24) is 5.32 Å². The molecule has 0 fully saturated rings. The fourth-order valence-electron chi connectivity index (χ4n) is 2.06. The van der Waals surface area contributed by atoms with Crippen LogP contribution >= 0.6 is 24.0 Å². The molecule has 0 saturated carbocycles. The summed E-state index contributed by atoms with van der Waals surface area (Å²) in [5.74, 6) is -0.602. The highest BCUT2D eigenvalue weighted by atomic mass is 35.5. The number of carbonyl (C=O) groups is 2. The number of benzene rings is 2. The molecule has 24 heavy (non-hydrogen) atoms. The Morgan fingerprint density at radius 3 is 2.42 bits per heavy atom. The number of hydrogen-bond acceptors (Lipinski definition) is 3. The number of carbonyl (C=O) groups excluding carboxylic acids is 2. The van der Waals surface area contributed by atoms with Crippen molar-refractivity contribution in [2.75, 3.05) is 11.9 Å². The third kappa shape index (κ3) is 4.96. The van der Waals surface area contributed by atoms with Crippen molar-refractivity contribution in [2.24, 2.45) is 5.73 Å². The molecule has 2 aromatic rings. The van der Waals surface area contributed by atoms with Gasteiger partial charge >= 0.3 is 0 Å². The lowest BCUT2D eigenvalue weighted by Crippen LogP contribution is -2.27. The monoisotopic (exact) mass is 367 g/mol. The molecule has 128 valence electrons. The molecule has 0 aliphatic carbocycles. The van der Waals surface area contributed by atoms with E-state index < -0.39 is 6.04 Å². The summed E-state index contributed by atoms with van der Waals surface area (Å²) in [5.41, 5.74) is 7.50. The first-order chi connectivity index (χ1) is 11.0. The normalized spacial score (nSPS) is 11.1. The van der Waals surface area contributed by atoms with Gasteiger partial charge in [0.2, 0.25) is 5.91 Å². The molecule has 7 heteroatoms. The van der Waals surface area contributed by atoms with Crippen LogP contribution in [0, 0.1) is 0 Å². The Morgan fingerprint density at radius 1 is 1.17 bits per heavy atom. The van der Waals surface area contributed by atoms with Crippen molar-refractivity contribution in [1.29, 1.82) is 0 Å². The molecular formula is C17H19Cl2N3O2. The molecule has 0 radical (unpaired) electrons. The fourth-order valence-corrected chi connectivity index (χ4v) is 2.33. The number of nitrogens with two attached hydrogens (primary N) is 1. The second-order valence-corrected chi connectivity index (χ2v) is 5.34. The van der Waals surface area contributed by atoms with Crippen molar-refractivity contribution >= 4 is 41.5 Å². The molecular weight excluding hydrogens is 349 g/mol. The van der Waals surface area contributed by atoms with Gasteiger partial charge in [-0.3, -0.25) is 9.59 Å². The lowest BCUT2D eigenvalue weighted by molar-refractivity contribution is -0.117. The summed E-state index contributed by atoms with van der Waals surface area (Å²) in [7, 11) is 0. The largest absolute Gasteiger partial charge is 0.352 e.